The van der Waals surface area contributed by atoms with E-state index < -0.39 is 11.6 Å². The molecule has 0 saturated carbocycles. The van der Waals surface area contributed by atoms with Gasteiger partial charge in [0.1, 0.15) is 5.82 Å². The predicted octanol–water partition coefficient (Wildman–Crippen LogP) is 9.79. The fourth-order valence-electron chi connectivity index (χ4n) is 5.18. The zero-order valence-corrected chi connectivity index (χ0v) is 21.9. The highest BCUT2D eigenvalue weighted by molar-refractivity contribution is 5.71. The van der Waals surface area contributed by atoms with Gasteiger partial charge in [0.2, 0.25) is 0 Å². The maximum Gasteiger partial charge on any atom is 0.166 e. The number of hydrogen-bond donors (Lipinski definition) is 0. The van der Waals surface area contributed by atoms with Crippen LogP contribution in [0.4, 0.5) is 13.2 Å². The van der Waals surface area contributed by atoms with Gasteiger partial charge < -0.3 is 4.74 Å². The Morgan fingerprint density at radius 2 is 1.62 bits per heavy atom. The Hall–Kier alpha value is -2.85. The Balaban J connectivity index is 1.43. The number of rotatable bonds is 10. The molecule has 0 radical (unpaired) electrons. The molecule has 4 heteroatoms. The molecular weight excluding hydrogens is 469 g/mol. The van der Waals surface area contributed by atoms with Crippen LogP contribution in [0.1, 0.15) is 75.8 Å². The van der Waals surface area contributed by atoms with E-state index in [2.05, 4.69) is 19.1 Å². The lowest BCUT2D eigenvalue weighted by Crippen LogP contribution is -2.25. The minimum Gasteiger partial charge on any atom is -0.378 e. The van der Waals surface area contributed by atoms with Gasteiger partial charge in [-0.05, 0) is 79.3 Å². The maximum absolute atomic E-state index is 15.1. The molecule has 4 rings (SSSR count). The van der Waals surface area contributed by atoms with E-state index in [1.807, 2.05) is 31.2 Å². The normalized spacial score (nSPS) is 18.0. The van der Waals surface area contributed by atoms with Crippen LogP contribution in [-0.2, 0) is 11.2 Å². The number of hydrogen-bond acceptors (Lipinski definition) is 1. The van der Waals surface area contributed by atoms with Crippen molar-refractivity contribution >= 4 is 0 Å². The van der Waals surface area contributed by atoms with Crippen molar-refractivity contribution < 1.29 is 17.9 Å². The molecule has 196 valence electrons. The zero-order valence-electron chi connectivity index (χ0n) is 21.9. The second-order valence-electron chi connectivity index (χ2n) is 10.0. The van der Waals surface area contributed by atoms with Crippen LogP contribution in [0, 0.1) is 17.5 Å². The summed E-state index contributed by atoms with van der Waals surface area (Å²) in [5.74, 6) is -1.73. The summed E-state index contributed by atoms with van der Waals surface area (Å²) in [4.78, 5) is 0. The monoisotopic (exact) mass is 506 g/mol. The Bertz CT molecular complexity index is 1190. The van der Waals surface area contributed by atoms with E-state index >= 15 is 4.39 Å². The standard InChI is InChI=1S/C33H37F3O/c1-3-5-7-9-25-16-20-30(33(36)32(25)35)24-13-11-23(12-14-24)26-17-19-29(31(34)21-26)27-15-18-28(37-22-27)10-8-6-4-2/h4,6,11-14,16-17,19-21,27-28H,3,5,7-10,15,18,22H2,1-2H3/b6-4+. The van der Waals surface area contributed by atoms with Crippen LogP contribution in [0.15, 0.2) is 66.7 Å². The molecular formula is C33H37F3O. The molecule has 3 aromatic rings. The topological polar surface area (TPSA) is 9.23 Å². The van der Waals surface area contributed by atoms with Crippen LogP contribution in [0.2, 0.25) is 0 Å². The van der Waals surface area contributed by atoms with Crippen LogP contribution < -0.4 is 0 Å². The highest BCUT2D eigenvalue weighted by Crippen LogP contribution is 2.34. The predicted molar refractivity (Wildman–Crippen MR) is 146 cm³/mol. The molecule has 1 aliphatic rings. The van der Waals surface area contributed by atoms with E-state index in [-0.39, 0.29) is 23.4 Å². The zero-order chi connectivity index (χ0) is 26.2. The van der Waals surface area contributed by atoms with Crippen LogP contribution in [0.5, 0.6) is 0 Å². The number of benzene rings is 3. The van der Waals surface area contributed by atoms with E-state index in [0.717, 1.165) is 56.1 Å². The van der Waals surface area contributed by atoms with Gasteiger partial charge in [-0.15, -0.1) is 0 Å². The molecule has 1 nitrogen and oxygen atoms in total. The van der Waals surface area contributed by atoms with Crippen LogP contribution >= 0.6 is 0 Å². The SMILES string of the molecule is C/C=C/CCC1CCC(c2ccc(-c3ccc(-c4ccc(CCCCC)c(F)c4F)cc3)cc2F)CO1. The molecule has 0 amide bonds. The van der Waals surface area contributed by atoms with Gasteiger partial charge in [-0.3, -0.25) is 0 Å². The molecule has 1 fully saturated rings. The number of halogens is 3. The molecule has 0 N–H and O–H groups in total. The largest absolute Gasteiger partial charge is 0.378 e. The summed E-state index contributed by atoms with van der Waals surface area (Å²) in [5.41, 5.74) is 3.55. The third-order valence-corrected chi connectivity index (χ3v) is 7.44. The maximum atomic E-state index is 15.1. The molecule has 1 aliphatic heterocycles. The number of ether oxygens (including phenoxy) is 1. The average Bonchev–Trinajstić information content (AvgIpc) is 2.92. The van der Waals surface area contributed by atoms with Crippen LogP contribution in [0.25, 0.3) is 22.3 Å². The summed E-state index contributed by atoms with van der Waals surface area (Å²) < 4.78 is 50.5. The van der Waals surface area contributed by atoms with Gasteiger partial charge in [-0.2, -0.15) is 0 Å². The van der Waals surface area contributed by atoms with Crippen molar-refractivity contribution in [3.63, 3.8) is 0 Å². The summed E-state index contributed by atoms with van der Waals surface area (Å²) >= 11 is 0. The number of aryl methyl sites for hydroxylation is 1. The first-order valence-electron chi connectivity index (χ1n) is 13.6. The minimum absolute atomic E-state index is 0.0669. The van der Waals surface area contributed by atoms with Gasteiger partial charge in [0.05, 0.1) is 12.7 Å². The fourth-order valence-corrected chi connectivity index (χ4v) is 5.18. The summed E-state index contributed by atoms with van der Waals surface area (Å²) in [6.45, 7) is 4.65. The van der Waals surface area contributed by atoms with E-state index in [9.17, 15) is 8.78 Å². The van der Waals surface area contributed by atoms with Gasteiger partial charge in [-0.25, -0.2) is 13.2 Å². The van der Waals surface area contributed by atoms with Crippen molar-refractivity contribution in [2.24, 2.45) is 0 Å². The van der Waals surface area contributed by atoms with Crippen LogP contribution in [-0.4, -0.2) is 12.7 Å². The lowest BCUT2D eigenvalue weighted by atomic mass is 9.88. The molecule has 0 spiro atoms. The third-order valence-electron chi connectivity index (χ3n) is 7.44. The molecule has 1 saturated heterocycles. The van der Waals surface area contributed by atoms with Gasteiger partial charge in [0.25, 0.3) is 0 Å². The number of unbranched alkanes of at least 4 members (excludes halogenated alkanes) is 2. The molecule has 1 heterocycles. The summed E-state index contributed by atoms with van der Waals surface area (Å²) in [6.07, 6.45) is 11.8. The molecule has 0 aromatic heterocycles. The minimum atomic E-state index is -0.809. The van der Waals surface area contributed by atoms with Crippen molar-refractivity contribution in [1.82, 2.24) is 0 Å². The fraction of sp³-hybridized carbons (Fsp3) is 0.394. The summed E-state index contributed by atoms with van der Waals surface area (Å²) in [5, 5.41) is 0. The van der Waals surface area contributed by atoms with Gasteiger partial charge in [0, 0.05) is 11.5 Å². The van der Waals surface area contributed by atoms with Gasteiger partial charge in [0.15, 0.2) is 11.6 Å². The first kappa shape index (κ1) is 27.2. The second kappa shape index (κ2) is 13.1. The first-order valence-corrected chi connectivity index (χ1v) is 13.6. The Morgan fingerprint density at radius 1 is 0.865 bits per heavy atom. The quantitative estimate of drug-likeness (QED) is 0.196. The second-order valence-corrected chi connectivity index (χ2v) is 10.0. The van der Waals surface area contributed by atoms with E-state index in [4.69, 9.17) is 4.74 Å². The number of allylic oxidation sites excluding steroid dienone is 2. The highest BCUT2D eigenvalue weighted by atomic mass is 19.2. The summed E-state index contributed by atoms with van der Waals surface area (Å²) in [7, 11) is 0. The molecule has 37 heavy (non-hydrogen) atoms. The van der Waals surface area contributed by atoms with Crippen molar-refractivity contribution in [3.05, 3.63) is 95.3 Å². The Kier molecular flexibility index (Phi) is 9.62. The van der Waals surface area contributed by atoms with Gasteiger partial charge >= 0.3 is 0 Å². The first-order chi connectivity index (χ1) is 18.0. The lowest BCUT2D eigenvalue weighted by molar-refractivity contribution is -0.000797. The highest BCUT2D eigenvalue weighted by Gasteiger charge is 2.25. The Labute approximate surface area is 219 Å². The van der Waals surface area contributed by atoms with E-state index in [0.29, 0.717) is 29.7 Å². The van der Waals surface area contributed by atoms with Crippen molar-refractivity contribution in [2.75, 3.05) is 6.61 Å². The van der Waals surface area contributed by atoms with Crippen molar-refractivity contribution in [2.45, 2.75) is 77.2 Å². The Morgan fingerprint density at radius 3 is 2.30 bits per heavy atom. The molecule has 2 unspecified atom stereocenters. The average molecular weight is 507 g/mol. The summed E-state index contributed by atoms with van der Waals surface area (Å²) in [6, 6.07) is 15.9. The molecule has 0 aliphatic carbocycles. The van der Waals surface area contributed by atoms with Crippen molar-refractivity contribution in [3.8, 4) is 22.3 Å². The molecule has 2 atom stereocenters. The van der Waals surface area contributed by atoms with Crippen molar-refractivity contribution in [1.29, 1.82) is 0 Å². The van der Waals surface area contributed by atoms with Crippen LogP contribution in [0.3, 0.4) is 0 Å². The molecule has 3 aromatic carbocycles. The lowest BCUT2D eigenvalue weighted by Gasteiger charge is -2.29. The molecule has 0 bridgehead atoms. The van der Waals surface area contributed by atoms with E-state index in [1.165, 1.54) is 0 Å². The smallest absolute Gasteiger partial charge is 0.166 e. The van der Waals surface area contributed by atoms with Gasteiger partial charge in [-0.1, -0.05) is 80.4 Å². The van der Waals surface area contributed by atoms with E-state index in [1.54, 1.807) is 30.3 Å². The third kappa shape index (κ3) is 6.73.